The zero-order valence-electron chi connectivity index (χ0n) is 16.5. The zero-order valence-corrected chi connectivity index (χ0v) is 16.5. The minimum atomic E-state index is -0.523. The molecule has 0 saturated heterocycles. The Bertz CT molecular complexity index is 1260. The van der Waals surface area contributed by atoms with Crippen molar-refractivity contribution in [1.29, 1.82) is 0 Å². The van der Waals surface area contributed by atoms with E-state index in [0.29, 0.717) is 35.8 Å². The predicted octanol–water partition coefficient (Wildman–Crippen LogP) is 3.51. The van der Waals surface area contributed by atoms with Gasteiger partial charge in [-0.3, -0.25) is 4.79 Å². The predicted molar refractivity (Wildman–Crippen MR) is 115 cm³/mol. The van der Waals surface area contributed by atoms with Crippen LogP contribution in [0.3, 0.4) is 0 Å². The summed E-state index contributed by atoms with van der Waals surface area (Å²) in [6, 6.07) is 15.6. The van der Waals surface area contributed by atoms with E-state index in [1.807, 2.05) is 31.2 Å². The van der Waals surface area contributed by atoms with Crippen LogP contribution in [0, 0.1) is 6.92 Å². The number of nitrogens with zero attached hydrogens (tertiary/aromatic N) is 2. The molecule has 4 aromatic rings. The van der Waals surface area contributed by atoms with Crippen LogP contribution in [0.15, 0.2) is 52.9 Å². The quantitative estimate of drug-likeness (QED) is 0.474. The Hall–Kier alpha value is -3.71. The minimum Gasteiger partial charge on any atom is -0.460 e. The lowest BCUT2D eigenvalue weighted by molar-refractivity contribution is 0.100. The molecule has 150 valence electrons. The van der Waals surface area contributed by atoms with E-state index in [2.05, 4.69) is 22.8 Å². The van der Waals surface area contributed by atoms with Crippen molar-refractivity contribution >= 4 is 22.7 Å². The van der Waals surface area contributed by atoms with Crippen molar-refractivity contribution in [3.63, 3.8) is 0 Å². The molecule has 0 unspecified atom stereocenters. The number of rotatable bonds is 5. The minimum absolute atomic E-state index is 0.354. The molecule has 7 heteroatoms. The van der Waals surface area contributed by atoms with Crippen LogP contribution in [-0.4, -0.2) is 15.9 Å². The third-order valence-corrected chi connectivity index (χ3v) is 5.37. The number of furan rings is 1. The number of para-hydroxylation sites is 1. The maximum absolute atomic E-state index is 11.8. The number of amides is 1. The molecule has 0 saturated carbocycles. The van der Waals surface area contributed by atoms with Gasteiger partial charge in [-0.25, -0.2) is 9.97 Å². The second-order valence-corrected chi connectivity index (χ2v) is 7.34. The molecule has 7 nitrogen and oxygen atoms in total. The normalized spacial score (nSPS) is 12.8. The third-order valence-electron chi connectivity index (χ3n) is 5.37. The average molecular weight is 399 g/mol. The summed E-state index contributed by atoms with van der Waals surface area (Å²) in [5.74, 6) is 1.51. The smallest absolute Gasteiger partial charge is 0.252 e. The molecule has 1 amide bonds. The summed E-state index contributed by atoms with van der Waals surface area (Å²) in [5, 5.41) is 7.59. The largest absolute Gasteiger partial charge is 0.460 e. The summed E-state index contributed by atoms with van der Waals surface area (Å²) in [5.41, 5.74) is 10.4. The lowest BCUT2D eigenvalue weighted by atomic mass is 10.1. The number of carbonyl (C=O) groups is 1. The van der Waals surface area contributed by atoms with Crippen molar-refractivity contribution in [3.8, 4) is 11.4 Å². The van der Waals surface area contributed by atoms with Gasteiger partial charge in [-0.1, -0.05) is 42.5 Å². The molecule has 4 N–H and O–H groups in total. The molecule has 0 bridgehead atoms. The van der Waals surface area contributed by atoms with Gasteiger partial charge in [-0.05, 0) is 18.6 Å². The van der Waals surface area contributed by atoms with Gasteiger partial charge in [0.25, 0.3) is 5.91 Å². The first-order valence-corrected chi connectivity index (χ1v) is 9.82. The Morgan fingerprint density at radius 3 is 2.77 bits per heavy atom. The standard InChI is InChI=1S/C23H21N5O2/c1-13-19(15-8-5-9-16(21(24)29)20(15)30-13)23-27-18-12-25-11-17(18)22(28-23)26-10-14-6-3-2-4-7-14/h2-9,25H,10-12H2,1H3,(H2,24,29)(H,26,27,28). The molecule has 2 aromatic heterocycles. The SMILES string of the molecule is Cc1oc2c(C(N)=O)cccc2c1-c1nc2c(c(NCc3ccccc3)n1)CNC2. The number of carbonyl (C=O) groups excluding carboxylic acids is 1. The highest BCUT2D eigenvalue weighted by Gasteiger charge is 2.24. The van der Waals surface area contributed by atoms with E-state index in [4.69, 9.17) is 20.1 Å². The fraction of sp³-hybridized carbons (Fsp3) is 0.174. The molecule has 0 atom stereocenters. The molecule has 3 heterocycles. The number of hydrogen-bond donors (Lipinski definition) is 3. The molecule has 2 aromatic carbocycles. The molecular formula is C23H21N5O2. The van der Waals surface area contributed by atoms with Crippen LogP contribution >= 0.6 is 0 Å². The summed E-state index contributed by atoms with van der Waals surface area (Å²) in [6.45, 7) is 3.93. The van der Waals surface area contributed by atoms with E-state index in [1.165, 1.54) is 5.56 Å². The first-order valence-electron chi connectivity index (χ1n) is 9.82. The molecule has 30 heavy (non-hydrogen) atoms. The fourth-order valence-corrected chi connectivity index (χ4v) is 3.92. The Labute approximate surface area is 173 Å². The van der Waals surface area contributed by atoms with E-state index in [0.717, 1.165) is 34.6 Å². The van der Waals surface area contributed by atoms with Gasteiger partial charge in [0.15, 0.2) is 5.82 Å². The van der Waals surface area contributed by atoms with Crippen molar-refractivity contribution in [1.82, 2.24) is 15.3 Å². The first-order chi connectivity index (χ1) is 14.6. The molecule has 0 fully saturated rings. The number of aromatic nitrogens is 2. The highest BCUT2D eigenvalue weighted by molar-refractivity contribution is 6.07. The lowest BCUT2D eigenvalue weighted by Crippen LogP contribution is -2.10. The van der Waals surface area contributed by atoms with E-state index in [1.54, 1.807) is 12.1 Å². The number of fused-ring (bicyclic) bond motifs is 2. The number of nitrogens with one attached hydrogen (secondary N) is 2. The maximum Gasteiger partial charge on any atom is 0.252 e. The van der Waals surface area contributed by atoms with Crippen LogP contribution in [0.4, 0.5) is 5.82 Å². The Kier molecular flexibility index (Phi) is 4.44. The van der Waals surface area contributed by atoms with Gasteiger partial charge in [0, 0.05) is 30.6 Å². The number of aryl methyl sites for hydroxylation is 1. The van der Waals surface area contributed by atoms with E-state index in [9.17, 15) is 4.79 Å². The van der Waals surface area contributed by atoms with Crippen LogP contribution in [0.1, 0.15) is 32.9 Å². The number of anilines is 1. The van der Waals surface area contributed by atoms with Gasteiger partial charge in [0.05, 0.1) is 16.8 Å². The first kappa shape index (κ1) is 18.3. The monoisotopic (exact) mass is 399 g/mol. The average Bonchev–Trinajstić information content (AvgIpc) is 3.35. The van der Waals surface area contributed by atoms with Gasteiger partial charge in [0.1, 0.15) is 17.2 Å². The third kappa shape index (κ3) is 3.09. The lowest BCUT2D eigenvalue weighted by Gasteiger charge is -2.12. The number of benzene rings is 2. The highest BCUT2D eigenvalue weighted by Crippen LogP contribution is 2.36. The summed E-state index contributed by atoms with van der Waals surface area (Å²) in [4.78, 5) is 21.5. The molecular weight excluding hydrogens is 378 g/mol. The summed E-state index contributed by atoms with van der Waals surface area (Å²) in [6.07, 6.45) is 0. The fourth-order valence-electron chi connectivity index (χ4n) is 3.92. The van der Waals surface area contributed by atoms with Crippen molar-refractivity contribution in [2.45, 2.75) is 26.6 Å². The van der Waals surface area contributed by atoms with Crippen LogP contribution in [0.25, 0.3) is 22.4 Å². The van der Waals surface area contributed by atoms with Crippen LogP contribution in [0.5, 0.6) is 0 Å². The van der Waals surface area contributed by atoms with Crippen LogP contribution in [0.2, 0.25) is 0 Å². The second-order valence-electron chi connectivity index (χ2n) is 7.34. The van der Waals surface area contributed by atoms with Gasteiger partial charge >= 0.3 is 0 Å². The molecule has 0 spiro atoms. The van der Waals surface area contributed by atoms with Gasteiger partial charge in [-0.2, -0.15) is 0 Å². The van der Waals surface area contributed by atoms with Crippen LogP contribution in [-0.2, 0) is 19.6 Å². The topological polar surface area (TPSA) is 106 Å². The number of nitrogens with two attached hydrogens (primary N) is 1. The van der Waals surface area contributed by atoms with Crippen molar-refractivity contribution in [2.75, 3.05) is 5.32 Å². The van der Waals surface area contributed by atoms with Crippen LogP contribution < -0.4 is 16.4 Å². The molecule has 0 aliphatic carbocycles. The molecule has 1 aliphatic heterocycles. The van der Waals surface area contributed by atoms with Gasteiger partial charge < -0.3 is 20.8 Å². The highest BCUT2D eigenvalue weighted by atomic mass is 16.3. The Balaban J connectivity index is 1.61. The van der Waals surface area contributed by atoms with Gasteiger partial charge in [0.2, 0.25) is 0 Å². The summed E-state index contributed by atoms with van der Waals surface area (Å²) >= 11 is 0. The Morgan fingerprint density at radius 2 is 1.97 bits per heavy atom. The van der Waals surface area contributed by atoms with Crippen molar-refractivity contribution < 1.29 is 9.21 Å². The summed E-state index contributed by atoms with van der Waals surface area (Å²) in [7, 11) is 0. The number of primary amides is 1. The Morgan fingerprint density at radius 1 is 1.13 bits per heavy atom. The zero-order chi connectivity index (χ0) is 20.7. The van der Waals surface area contributed by atoms with E-state index in [-0.39, 0.29) is 0 Å². The maximum atomic E-state index is 11.8. The van der Waals surface area contributed by atoms with Crippen molar-refractivity contribution in [3.05, 3.63) is 76.7 Å². The molecule has 0 radical (unpaired) electrons. The molecule has 5 rings (SSSR count). The van der Waals surface area contributed by atoms with Gasteiger partial charge in [-0.15, -0.1) is 0 Å². The van der Waals surface area contributed by atoms with E-state index >= 15 is 0 Å². The molecule has 1 aliphatic rings. The van der Waals surface area contributed by atoms with Crippen molar-refractivity contribution in [2.24, 2.45) is 5.73 Å². The second kappa shape index (κ2) is 7.27. The number of hydrogen-bond acceptors (Lipinski definition) is 6. The summed E-state index contributed by atoms with van der Waals surface area (Å²) < 4.78 is 5.92. The van der Waals surface area contributed by atoms with E-state index < -0.39 is 5.91 Å².